The molecule has 1 unspecified atom stereocenters. The highest BCUT2D eigenvalue weighted by Crippen LogP contribution is 2.30. The van der Waals surface area contributed by atoms with Crippen molar-refractivity contribution in [2.24, 2.45) is 0 Å². The van der Waals surface area contributed by atoms with Crippen LogP contribution in [-0.2, 0) is 16.9 Å². The fourth-order valence-electron chi connectivity index (χ4n) is 2.68. The van der Waals surface area contributed by atoms with Gasteiger partial charge in [0.05, 0.1) is 5.54 Å². The maximum Gasteiger partial charge on any atom is 0.408 e. The highest BCUT2D eigenvalue weighted by atomic mass is 16.5. The Labute approximate surface area is 136 Å². The summed E-state index contributed by atoms with van der Waals surface area (Å²) in [6.07, 6.45) is 8.27. The van der Waals surface area contributed by atoms with E-state index in [2.05, 4.69) is 5.32 Å². The number of hydrogen-bond donors (Lipinski definition) is 1. The minimum atomic E-state index is -0.552. The van der Waals surface area contributed by atoms with Crippen LogP contribution in [0.4, 0.5) is 4.79 Å². The Morgan fingerprint density at radius 1 is 1.00 bits per heavy atom. The average molecular weight is 305 g/mol. The smallest absolute Gasteiger partial charge is 0.408 e. The van der Waals surface area contributed by atoms with Crippen LogP contribution in [0.3, 0.4) is 0 Å². The summed E-state index contributed by atoms with van der Waals surface area (Å²) in [7, 11) is 0. The van der Waals surface area contributed by atoms with Gasteiger partial charge in [-0.3, -0.25) is 0 Å². The van der Waals surface area contributed by atoms with Crippen molar-refractivity contribution in [3.05, 3.63) is 96.1 Å². The van der Waals surface area contributed by atoms with Crippen LogP contribution in [0.5, 0.6) is 0 Å². The van der Waals surface area contributed by atoms with E-state index in [1.807, 2.05) is 85.0 Å². The highest BCUT2D eigenvalue weighted by molar-refractivity contribution is 5.69. The number of rotatable bonds is 4. The first-order valence-electron chi connectivity index (χ1n) is 7.67. The topological polar surface area (TPSA) is 38.3 Å². The van der Waals surface area contributed by atoms with E-state index in [1.165, 1.54) is 0 Å². The molecule has 0 saturated carbocycles. The lowest BCUT2D eigenvalue weighted by Crippen LogP contribution is -2.44. The number of alkyl carbamates (subject to hydrolysis) is 1. The average Bonchev–Trinajstić information content (AvgIpc) is 2.62. The maximum atomic E-state index is 12.3. The van der Waals surface area contributed by atoms with Crippen molar-refractivity contribution in [3.63, 3.8) is 0 Å². The Kier molecular flexibility index (Phi) is 4.57. The number of carbonyl (C=O) groups is 1. The molecule has 0 fully saturated rings. The van der Waals surface area contributed by atoms with Gasteiger partial charge in [0.25, 0.3) is 0 Å². The maximum absolute atomic E-state index is 12.3. The van der Waals surface area contributed by atoms with E-state index in [-0.39, 0.29) is 6.61 Å². The van der Waals surface area contributed by atoms with Crippen LogP contribution in [0, 0.1) is 0 Å². The Morgan fingerprint density at radius 2 is 1.70 bits per heavy atom. The zero-order chi connectivity index (χ0) is 16.0. The Balaban J connectivity index is 1.71. The molecule has 0 aliphatic heterocycles. The van der Waals surface area contributed by atoms with Crippen LogP contribution in [0.25, 0.3) is 0 Å². The lowest BCUT2D eigenvalue weighted by Gasteiger charge is -2.32. The number of ether oxygens (including phenoxy) is 1. The van der Waals surface area contributed by atoms with E-state index in [0.29, 0.717) is 6.42 Å². The molecular weight excluding hydrogens is 286 g/mol. The molecule has 3 nitrogen and oxygen atoms in total. The number of amides is 1. The summed E-state index contributed by atoms with van der Waals surface area (Å²) in [6, 6.07) is 19.6. The summed E-state index contributed by atoms with van der Waals surface area (Å²) >= 11 is 0. The number of hydrogen-bond acceptors (Lipinski definition) is 2. The molecule has 23 heavy (non-hydrogen) atoms. The van der Waals surface area contributed by atoms with Gasteiger partial charge >= 0.3 is 6.09 Å². The predicted molar refractivity (Wildman–Crippen MR) is 90.8 cm³/mol. The van der Waals surface area contributed by atoms with E-state index in [9.17, 15) is 4.79 Å². The second-order valence-electron chi connectivity index (χ2n) is 5.52. The van der Waals surface area contributed by atoms with Crippen molar-refractivity contribution in [2.75, 3.05) is 0 Å². The summed E-state index contributed by atoms with van der Waals surface area (Å²) in [5.41, 5.74) is 1.46. The summed E-state index contributed by atoms with van der Waals surface area (Å²) < 4.78 is 5.37. The third-order valence-electron chi connectivity index (χ3n) is 3.89. The van der Waals surface area contributed by atoms with E-state index in [4.69, 9.17) is 4.74 Å². The molecule has 0 spiro atoms. The van der Waals surface area contributed by atoms with Gasteiger partial charge < -0.3 is 10.1 Å². The summed E-state index contributed by atoms with van der Waals surface area (Å²) in [6.45, 7) is 0.261. The Bertz CT molecular complexity index is 707. The predicted octanol–water partition coefficient (Wildman–Crippen LogP) is 4.32. The van der Waals surface area contributed by atoms with Gasteiger partial charge in [-0.2, -0.15) is 0 Å². The molecule has 116 valence electrons. The fourth-order valence-corrected chi connectivity index (χ4v) is 2.68. The highest BCUT2D eigenvalue weighted by Gasteiger charge is 2.31. The van der Waals surface area contributed by atoms with Gasteiger partial charge in [0.15, 0.2) is 0 Å². The largest absolute Gasteiger partial charge is 0.445 e. The van der Waals surface area contributed by atoms with Gasteiger partial charge in [-0.1, -0.05) is 85.0 Å². The molecule has 0 bridgehead atoms. The fraction of sp³-hybridized carbons (Fsp3) is 0.150. The standard InChI is InChI=1S/C20H19NO2/c22-19(23-16-17-10-4-1-5-11-17)21-20(14-8-3-9-15-20)18-12-6-2-7-13-18/h1-14H,15-16H2,(H,21,22). The quantitative estimate of drug-likeness (QED) is 0.913. The van der Waals surface area contributed by atoms with Crippen molar-refractivity contribution < 1.29 is 9.53 Å². The first-order valence-corrected chi connectivity index (χ1v) is 7.67. The Morgan fingerprint density at radius 3 is 2.35 bits per heavy atom. The number of benzene rings is 2. The molecule has 1 N–H and O–H groups in total. The van der Waals surface area contributed by atoms with Crippen LogP contribution in [0.1, 0.15) is 17.5 Å². The van der Waals surface area contributed by atoms with Gasteiger partial charge in [-0.15, -0.1) is 0 Å². The SMILES string of the molecule is O=C(NC1(c2ccccc2)C=CC=CC1)OCc1ccccc1. The van der Waals surface area contributed by atoms with Crippen LogP contribution in [0.2, 0.25) is 0 Å². The Hall–Kier alpha value is -2.81. The third-order valence-corrected chi connectivity index (χ3v) is 3.89. The molecule has 0 radical (unpaired) electrons. The van der Waals surface area contributed by atoms with Crippen LogP contribution in [0.15, 0.2) is 85.0 Å². The van der Waals surface area contributed by atoms with Gasteiger partial charge in [0, 0.05) is 0 Å². The lowest BCUT2D eigenvalue weighted by molar-refractivity contribution is 0.130. The summed E-state index contributed by atoms with van der Waals surface area (Å²) in [4.78, 5) is 12.3. The minimum absolute atomic E-state index is 0.261. The number of nitrogens with one attached hydrogen (secondary N) is 1. The molecule has 0 saturated heterocycles. The van der Waals surface area contributed by atoms with Crippen LogP contribution in [-0.4, -0.2) is 6.09 Å². The van der Waals surface area contributed by atoms with E-state index >= 15 is 0 Å². The molecule has 1 amide bonds. The van der Waals surface area contributed by atoms with Gasteiger partial charge in [-0.05, 0) is 17.5 Å². The van der Waals surface area contributed by atoms with Gasteiger partial charge in [0.1, 0.15) is 6.61 Å². The molecule has 1 aliphatic rings. The van der Waals surface area contributed by atoms with E-state index in [1.54, 1.807) is 0 Å². The van der Waals surface area contributed by atoms with Crippen molar-refractivity contribution >= 4 is 6.09 Å². The van der Waals surface area contributed by atoms with Crippen LogP contribution < -0.4 is 5.32 Å². The van der Waals surface area contributed by atoms with Gasteiger partial charge in [-0.25, -0.2) is 4.79 Å². The van der Waals surface area contributed by atoms with Crippen molar-refractivity contribution in [2.45, 2.75) is 18.6 Å². The molecule has 3 heteroatoms. The second kappa shape index (κ2) is 6.97. The van der Waals surface area contributed by atoms with Gasteiger partial charge in [0.2, 0.25) is 0 Å². The molecule has 3 rings (SSSR count). The van der Waals surface area contributed by atoms with Crippen LogP contribution >= 0.6 is 0 Å². The molecule has 0 heterocycles. The number of allylic oxidation sites excluding steroid dienone is 2. The lowest BCUT2D eigenvalue weighted by atomic mass is 9.84. The van der Waals surface area contributed by atoms with Crippen molar-refractivity contribution in [1.29, 1.82) is 0 Å². The normalized spacial score (nSPS) is 19.3. The molecule has 0 aromatic heterocycles. The zero-order valence-electron chi connectivity index (χ0n) is 12.8. The van der Waals surface area contributed by atoms with Crippen molar-refractivity contribution in [3.8, 4) is 0 Å². The second-order valence-corrected chi connectivity index (χ2v) is 5.52. The molecule has 2 aromatic carbocycles. The summed E-state index contributed by atoms with van der Waals surface area (Å²) in [5.74, 6) is 0. The first-order chi connectivity index (χ1) is 11.3. The minimum Gasteiger partial charge on any atom is -0.445 e. The molecule has 1 aliphatic carbocycles. The molecule has 1 atom stereocenters. The zero-order valence-corrected chi connectivity index (χ0v) is 12.8. The monoisotopic (exact) mass is 305 g/mol. The third kappa shape index (κ3) is 3.69. The van der Waals surface area contributed by atoms with E-state index < -0.39 is 11.6 Å². The molecular formula is C20H19NO2. The number of carbonyl (C=O) groups excluding carboxylic acids is 1. The molecule has 2 aromatic rings. The summed E-state index contributed by atoms with van der Waals surface area (Å²) in [5, 5.41) is 3.02. The van der Waals surface area contributed by atoms with E-state index in [0.717, 1.165) is 11.1 Å². The first kappa shape index (κ1) is 15.1. The van der Waals surface area contributed by atoms with Crippen molar-refractivity contribution in [1.82, 2.24) is 5.32 Å².